The lowest BCUT2D eigenvalue weighted by Crippen LogP contribution is -1.93. The molecule has 0 N–H and O–H groups in total. The minimum atomic E-state index is 0.321. The molecule has 1 heterocycles. The van der Waals surface area contributed by atoms with Crippen molar-refractivity contribution in [3.63, 3.8) is 0 Å². The molecular formula is C8H6O2. The van der Waals surface area contributed by atoms with Crippen molar-refractivity contribution < 1.29 is 9.47 Å². The molecule has 0 radical (unpaired) electrons. The molecule has 0 saturated carbocycles. The minimum Gasteiger partial charge on any atom is -0.453 e. The fraction of sp³-hybridized carbons (Fsp3) is 0.250. The minimum absolute atomic E-state index is 0.321. The molecule has 0 spiro atoms. The van der Waals surface area contributed by atoms with Gasteiger partial charge in [-0.25, -0.2) is 0 Å². The molecule has 10 heavy (non-hydrogen) atoms. The molecule has 0 bridgehead atoms. The van der Waals surface area contributed by atoms with Crippen molar-refractivity contribution >= 4 is 0 Å². The maximum Gasteiger partial charge on any atom is 0.231 e. The van der Waals surface area contributed by atoms with Crippen LogP contribution in [-0.2, 0) is 0 Å². The fourth-order valence-corrected chi connectivity index (χ4v) is 0.955. The zero-order valence-electron chi connectivity index (χ0n) is 5.60. The maximum absolute atomic E-state index is 5.16. The van der Waals surface area contributed by atoms with Gasteiger partial charge in [0.2, 0.25) is 6.79 Å². The summed E-state index contributed by atoms with van der Waals surface area (Å²) in [5.74, 6) is 1.58. The van der Waals surface area contributed by atoms with Crippen LogP contribution < -0.4 is 9.47 Å². The van der Waals surface area contributed by atoms with Crippen molar-refractivity contribution in [2.24, 2.45) is 0 Å². The molecule has 2 rings (SSSR count). The summed E-state index contributed by atoms with van der Waals surface area (Å²) in [6, 6.07) is 7.46. The third kappa shape index (κ3) is 0.608. The lowest BCUT2D eigenvalue weighted by molar-refractivity contribution is 0.173. The SMILES string of the molecule is Cc1c#ccc2c1OCO2. The van der Waals surface area contributed by atoms with E-state index in [1.54, 1.807) is 6.07 Å². The molecule has 2 nitrogen and oxygen atoms in total. The van der Waals surface area contributed by atoms with Crippen molar-refractivity contribution in [2.75, 3.05) is 6.79 Å². The standard InChI is InChI=1S/C8H6O2/c1-6-3-2-4-7-8(6)10-5-9-7/h4H,5H2,1H3. The Morgan fingerprint density at radius 1 is 1.50 bits per heavy atom. The third-order valence-electron chi connectivity index (χ3n) is 1.45. The summed E-state index contributed by atoms with van der Waals surface area (Å²) in [4.78, 5) is 0. The second kappa shape index (κ2) is 1.81. The van der Waals surface area contributed by atoms with Crippen LogP contribution in [0, 0.1) is 19.1 Å². The average Bonchev–Trinajstić information content (AvgIpc) is 2.36. The Morgan fingerprint density at radius 3 is 3.20 bits per heavy atom. The highest BCUT2D eigenvalue weighted by atomic mass is 16.7. The van der Waals surface area contributed by atoms with Gasteiger partial charge in [-0.1, -0.05) is 12.1 Å². The van der Waals surface area contributed by atoms with Crippen molar-refractivity contribution in [3.05, 3.63) is 23.8 Å². The van der Waals surface area contributed by atoms with Crippen molar-refractivity contribution in [2.45, 2.75) is 6.92 Å². The highest BCUT2D eigenvalue weighted by molar-refractivity contribution is 5.44. The van der Waals surface area contributed by atoms with Gasteiger partial charge in [-0.05, 0) is 6.92 Å². The summed E-state index contributed by atoms with van der Waals surface area (Å²) < 4.78 is 10.3. The molecule has 50 valence electrons. The van der Waals surface area contributed by atoms with Gasteiger partial charge in [-0.2, -0.15) is 0 Å². The van der Waals surface area contributed by atoms with Crippen LogP contribution in [0.2, 0.25) is 0 Å². The van der Waals surface area contributed by atoms with Gasteiger partial charge in [-0.3, -0.25) is 0 Å². The second-order valence-corrected chi connectivity index (χ2v) is 2.14. The van der Waals surface area contributed by atoms with E-state index >= 15 is 0 Å². The van der Waals surface area contributed by atoms with Gasteiger partial charge in [0.15, 0.2) is 11.5 Å². The summed E-state index contributed by atoms with van der Waals surface area (Å²) >= 11 is 0. The van der Waals surface area contributed by atoms with Crippen LogP contribution in [0.5, 0.6) is 11.5 Å². The van der Waals surface area contributed by atoms with E-state index in [1.807, 2.05) is 6.92 Å². The van der Waals surface area contributed by atoms with Crippen LogP contribution in [0.15, 0.2) is 6.07 Å². The molecular weight excluding hydrogens is 128 g/mol. The number of ether oxygens (including phenoxy) is 2. The lowest BCUT2D eigenvalue weighted by Gasteiger charge is -1.92. The normalized spacial score (nSPS) is 12.9. The Balaban J connectivity index is 2.59. The summed E-state index contributed by atoms with van der Waals surface area (Å²) in [6.45, 7) is 2.24. The first-order valence-corrected chi connectivity index (χ1v) is 3.06. The molecule has 2 heteroatoms. The van der Waals surface area contributed by atoms with Crippen LogP contribution in [0.1, 0.15) is 5.56 Å². The van der Waals surface area contributed by atoms with Crippen LogP contribution in [0.4, 0.5) is 0 Å². The van der Waals surface area contributed by atoms with Gasteiger partial charge in [0.05, 0.1) is 0 Å². The zero-order chi connectivity index (χ0) is 6.97. The molecule has 1 aromatic rings. The molecule has 0 unspecified atom stereocenters. The Hall–Kier alpha value is -1.36. The Morgan fingerprint density at radius 2 is 2.40 bits per heavy atom. The predicted octanol–water partition coefficient (Wildman–Crippen LogP) is 1.32. The highest BCUT2D eigenvalue weighted by Crippen LogP contribution is 2.32. The molecule has 0 fully saturated rings. The summed E-state index contributed by atoms with van der Waals surface area (Å²) in [5.41, 5.74) is 0.954. The highest BCUT2D eigenvalue weighted by Gasteiger charge is 2.13. The molecule has 1 aromatic carbocycles. The summed E-state index contributed by atoms with van der Waals surface area (Å²) in [5, 5.41) is 0. The number of rotatable bonds is 0. The van der Waals surface area contributed by atoms with Crippen LogP contribution >= 0.6 is 0 Å². The van der Waals surface area contributed by atoms with E-state index in [1.165, 1.54) is 0 Å². The van der Waals surface area contributed by atoms with Crippen LogP contribution in [0.25, 0.3) is 0 Å². The average molecular weight is 134 g/mol. The smallest absolute Gasteiger partial charge is 0.231 e. The maximum atomic E-state index is 5.16. The van der Waals surface area contributed by atoms with E-state index < -0.39 is 0 Å². The molecule has 0 amide bonds. The number of hydrogen-bond donors (Lipinski definition) is 0. The summed E-state index contributed by atoms with van der Waals surface area (Å²) in [6.07, 6.45) is 0. The van der Waals surface area contributed by atoms with E-state index in [-0.39, 0.29) is 0 Å². The first kappa shape index (κ1) is 5.43. The van der Waals surface area contributed by atoms with Crippen LogP contribution in [-0.4, -0.2) is 6.79 Å². The van der Waals surface area contributed by atoms with Crippen molar-refractivity contribution in [1.29, 1.82) is 0 Å². The van der Waals surface area contributed by atoms with Gasteiger partial charge < -0.3 is 9.47 Å². The quantitative estimate of drug-likeness (QED) is 0.532. The van der Waals surface area contributed by atoms with E-state index in [9.17, 15) is 0 Å². The van der Waals surface area contributed by atoms with Gasteiger partial charge in [0, 0.05) is 11.6 Å². The van der Waals surface area contributed by atoms with E-state index in [0.29, 0.717) is 6.79 Å². The molecule has 1 aliphatic rings. The predicted molar refractivity (Wildman–Crippen MR) is 35.0 cm³/mol. The third-order valence-corrected chi connectivity index (χ3v) is 1.45. The zero-order valence-corrected chi connectivity index (χ0v) is 5.60. The lowest BCUT2D eigenvalue weighted by atomic mass is 10.2. The van der Waals surface area contributed by atoms with Gasteiger partial charge in [0.1, 0.15) is 0 Å². The van der Waals surface area contributed by atoms with E-state index in [0.717, 1.165) is 17.1 Å². The monoisotopic (exact) mass is 134 g/mol. The Bertz CT molecular complexity index is 255. The van der Waals surface area contributed by atoms with Gasteiger partial charge in [-0.15, -0.1) is 0 Å². The van der Waals surface area contributed by atoms with E-state index in [2.05, 4.69) is 12.1 Å². The molecule has 0 atom stereocenters. The Labute approximate surface area is 59.4 Å². The summed E-state index contributed by atoms with van der Waals surface area (Å²) in [7, 11) is 0. The Kier molecular flexibility index (Phi) is 0.983. The largest absolute Gasteiger partial charge is 0.453 e. The molecule has 0 saturated heterocycles. The molecule has 0 aromatic heterocycles. The first-order chi connectivity index (χ1) is 4.88. The van der Waals surface area contributed by atoms with Crippen LogP contribution in [0.3, 0.4) is 0 Å². The topological polar surface area (TPSA) is 18.5 Å². The molecule has 0 aliphatic carbocycles. The first-order valence-electron chi connectivity index (χ1n) is 3.06. The molecule has 1 aliphatic heterocycles. The van der Waals surface area contributed by atoms with E-state index in [4.69, 9.17) is 9.47 Å². The fourth-order valence-electron chi connectivity index (χ4n) is 0.955. The second-order valence-electron chi connectivity index (χ2n) is 2.14. The van der Waals surface area contributed by atoms with Crippen molar-refractivity contribution in [3.8, 4) is 11.5 Å². The van der Waals surface area contributed by atoms with Gasteiger partial charge >= 0.3 is 0 Å². The van der Waals surface area contributed by atoms with Gasteiger partial charge in [0.25, 0.3) is 0 Å². The number of hydrogen-bond acceptors (Lipinski definition) is 2. The van der Waals surface area contributed by atoms with Crippen molar-refractivity contribution in [1.82, 2.24) is 0 Å². The number of fused-ring (bicyclic) bond motifs is 1.